The second-order valence-electron chi connectivity index (χ2n) is 4.56. The van der Waals surface area contributed by atoms with E-state index in [1.165, 1.54) is 36.8 Å². The molecule has 0 spiro atoms. The Hall–Kier alpha value is -3.61. The molecule has 3 aromatic rings. The van der Waals surface area contributed by atoms with E-state index in [-0.39, 0.29) is 34.4 Å². The third-order valence-electron chi connectivity index (χ3n) is 2.65. The van der Waals surface area contributed by atoms with Crippen molar-refractivity contribution in [3.63, 3.8) is 0 Å². The number of carboxylic acids is 3. The summed E-state index contributed by atoms with van der Waals surface area (Å²) in [6.07, 6.45) is 4.34. The van der Waals surface area contributed by atoms with Crippen LogP contribution in [0, 0.1) is 0 Å². The quantitative estimate of drug-likeness (QED) is 0.579. The predicted molar refractivity (Wildman–Crippen MR) is 93.6 cm³/mol. The van der Waals surface area contributed by atoms with Crippen molar-refractivity contribution in [1.29, 1.82) is 0 Å². The van der Waals surface area contributed by atoms with E-state index in [0.29, 0.717) is 0 Å². The minimum Gasteiger partial charge on any atom is -0.477 e. The van der Waals surface area contributed by atoms with E-state index in [4.69, 9.17) is 15.3 Å². The van der Waals surface area contributed by atoms with Crippen LogP contribution in [0.2, 0.25) is 0 Å². The van der Waals surface area contributed by atoms with E-state index in [9.17, 15) is 14.4 Å². The zero-order valence-corrected chi connectivity index (χ0v) is 15.5. The smallest absolute Gasteiger partial charge is 0.354 e. The Morgan fingerprint density at radius 1 is 0.536 bits per heavy atom. The first kappa shape index (κ1) is 24.4. The fourth-order valence-corrected chi connectivity index (χ4v) is 1.47. The van der Waals surface area contributed by atoms with Gasteiger partial charge in [0.2, 0.25) is 0 Å². The van der Waals surface area contributed by atoms with Gasteiger partial charge in [-0.1, -0.05) is 18.2 Å². The average Bonchev–Trinajstić information content (AvgIpc) is 2.71. The molecule has 0 aliphatic rings. The average molecular weight is 421 g/mol. The first-order chi connectivity index (χ1) is 12.9. The molecule has 10 heteroatoms. The molecule has 0 saturated heterocycles. The molecule has 0 bridgehead atoms. The molecule has 3 heterocycles. The number of carbonyl (C=O) groups is 3. The van der Waals surface area contributed by atoms with Gasteiger partial charge >= 0.3 is 17.9 Å². The number of rotatable bonds is 3. The van der Waals surface area contributed by atoms with E-state index >= 15 is 0 Å². The van der Waals surface area contributed by atoms with Gasteiger partial charge in [-0.2, -0.15) is 0 Å². The summed E-state index contributed by atoms with van der Waals surface area (Å²) in [5.41, 5.74) is 0.243. The normalized spacial score (nSPS) is 8.57. The molecule has 0 atom stereocenters. The molecule has 0 unspecified atom stereocenters. The fraction of sp³-hybridized carbons (Fsp3) is 0. The van der Waals surface area contributed by atoms with Gasteiger partial charge in [0, 0.05) is 36.0 Å². The van der Waals surface area contributed by atoms with Crippen LogP contribution < -0.4 is 0 Å². The summed E-state index contributed by atoms with van der Waals surface area (Å²) < 4.78 is 0. The zero-order valence-electron chi connectivity index (χ0n) is 14.2. The molecule has 3 rings (SSSR count). The van der Waals surface area contributed by atoms with Crippen molar-refractivity contribution in [2.45, 2.75) is 0 Å². The van der Waals surface area contributed by atoms with Gasteiger partial charge in [0.05, 0.1) is 0 Å². The van der Waals surface area contributed by atoms with Crippen molar-refractivity contribution in [2.24, 2.45) is 0 Å². The second-order valence-corrected chi connectivity index (χ2v) is 4.56. The van der Waals surface area contributed by atoms with Gasteiger partial charge in [-0.3, -0.25) is 0 Å². The van der Waals surface area contributed by atoms with Crippen LogP contribution in [0.4, 0.5) is 0 Å². The maximum atomic E-state index is 10.1. The minimum absolute atomic E-state index is 0. The zero-order chi connectivity index (χ0) is 20.1. The van der Waals surface area contributed by atoms with Gasteiger partial charge in [0.15, 0.2) is 0 Å². The van der Waals surface area contributed by atoms with Gasteiger partial charge in [0.25, 0.3) is 0 Å². The maximum Gasteiger partial charge on any atom is 0.354 e. The van der Waals surface area contributed by atoms with Gasteiger partial charge in [-0.15, -0.1) is 0 Å². The van der Waals surface area contributed by atoms with Crippen LogP contribution in [0.15, 0.2) is 73.2 Å². The molecule has 0 aliphatic heterocycles. The van der Waals surface area contributed by atoms with Crippen molar-refractivity contribution in [3.8, 4) is 0 Å². The van der Waals surface area contributed by atoms with E-state index in [0.717, 1.165) is 0 Å². The van der Waals surface area contributed by atoms with Crippen LogP contribution in [0.1, 0.15) is 31.5 Å². The molecule has 9 nitrogen and oxygen atoms in total. The monoisotopic (exact) mass is 421 g/mol. The van der Waals surface area contributed by atoms with Gasteiger partial charge in [-0.25, -0.2) is 29.3 Å². The summed E-state index contributed by atoms with van der Waals surface area (Å²) in [6, 6.07) is 14.3. The van der Waals surface area contributed by atoms with Crippen molar-refractivity contribution in [1.82, 2.24) is 15.0 Å². The van der Waals surface area contributed by atoms with Crippen molar-refractivity contribution in [2.75, 3.05) is 0 Å². The number of hydrogen-bond donors (Lipinski definition) is 3. The summed E-state index contributed by atoms with van der Waals surface area (Å²) in [7, 11) is 0. The van der Waals surface area contributed by atoms with Crippen LogP contribution in [-0.2, 0) is 17.4 Å². The van der Waals surface area contributed by atoms with E-state index in [2.05, 4.69) is 15.0 Å². The molecule has 0 aromatic carbocycles. The van der Waals surface area contributed by atoms with Gasteiger partial charge in [0.1, 0.15) is 17.1 Å². The Morgan fingerprint density at radius 3 is 0.893 bits per heavy atom. The molecule has 0 amide bonds. The molecule has 0 saturated carbocycles. The predicted octanol–water partition coefficient (Wildman–Crippen LogP) is 2.34. The molecule has 0 aliphatic carbocycles. The SMILES string of the molecule is O=C(O)c1ccccn1.O=C(O)c1ccccn1.O=C(O)c1ccccn1.[Cr]. The molecule has 0 radical (unpaired) electrons. The first-order valence-electron chi connectivity index (χ1n) is 7.34. The van der Waals surface area contributed by atoms with Crippen LogP contribution in [0.3, 0.4) is 0 Å². The van der Waals surface area contributed by atoms with E-state index < -0.39 is 17.9 Å². The summed E-state index contributed by atoms with van der Waals surface area (Å²) in [5.74, 6) is -2.97. The number of pyridine rings is 3. The van der Waals surface area contributed by atoms with Crippen LogP contribution in [0.5, 0.6) is 0 Å². The molecule has 3 N–H and O–H groups in total. The molecule has 28 heavy (non-hydrogen) atoms. The Balaban J connectivity index is 0.000000384. The number of aromatic nitrogens is 3. The Kier molecular flexibility index (Phi) is 11.8. The van der Waals surface area contributed by atoms with Crippen LogP contribution in [-0.4, -0.2) is 48.2 Å². The van der Waals surface area contributed by atoms with Crippen molar-refractivity contribution >= 4 is 17.9 Å². The second kappa shape index (κ2) is 13.6. The number of nitrogens with zero attached hydrogens (tertiary/aromatic N) is 3. The Labute approximate surface area is 170 Å². The summed E-state index contributed by atoms with van der Waals surface area (Å²) in [4.78, 5) is 41.2. The maximum absolute atomic E-state index is 10.1. The molecular formula is C18H15CrN3O6. The Morgan fingerprint density at radius 2 is 0.786 bits per heavy atom. The topological polar surface area (TPSA) is 151 Å². The van der Waals surface area contributed by atoms with E-state index in [1.54, 1.807) is 36.4 Å². The molecule has 0 fully saturated rings. The molecule has 144 valence electrons. The van der Waals surface area contributed by atoms with Crippen molar-refractivity contribution < 1.29 is 47.1 Å². The number of hydrogen-bond acceptors (Lipinski definition) is 6. The third-order valence-corrected chi connectivity index (χ3v) is 2.65. The molecular weight excluding hydrogens is 406 g/mol. The fourth-order valence-electron chi connectivity index (χ4n) is 1.47. The summed E-state index contributed by atoms with van der Waals surface area (Å²) >= 11 is 0. The van der Waals surface area contributed by atoms with Crippen molar-refractivity contribution in [3.05, 3.63) is 90.3 Å². The number of aromatic carboxylic acids is 3. The Bertz CT molecular complexity index is 747. The van der Waals surface area contributed by atoms with Crippen LogP contribution >= 0.6 is 0 Å². The summed E-state index contributed by atoms with van der Waals surface area (Å²) in [5, 5.41) is 25.0. The standard InChI is InChI=1S/3C6H5NO2.Cr/c3*8-6(9)5-3-1-2-4-7-5;/h3*1-4H,(H,8,9);. The van der Waals surface area contributed by atoms with Gasteiger partial charge in [-0.05, 0) is 36.4 Å². The minimum atomic E-state index is -0.990. The molecule has 3 aromatic heterocycles. The van der Waals surface area contributed by atoms with Crippen LogP contribution in [0.25, 0.3) is 0 Å². The summed E-state index contributed by atoms with van der Waals surface area (Å²) in [6.45, 7) is 0. The number of carboxylic acid groups (broad SMARTS) is 3. The first-order valence-corrected chi connectivity index (χ1v) is 7.34. The van der Waals surface area contributed by atoms with Gasteiger partial charge < -0.3 is 15.3 Å². The van der Waals surface area contributed by atoms with E-state index in [1.807, 2.05) is 0 Å². The third kappa shape index (κ3) is 9.77. The largest absolute Gasteiger partial charge is 0.477 e.